The summed E-state index contributed by atoms with van der Waals surface area (Å²) in [5, 5.41) is 3.70. The molecule has 0 saturated heterocycles. The van der Waals surface area contributed by atoms with Crippen molar-refractivity contribution in [1.29, 1.82) is 0 Å². The van der Waals surface area contributed by atoms with Crippen LogP contribution in [-0.4, -0.2) is 18.5 Å². The predicted octanol–water partition coefficient (Wildman–Crippen LogP) is 5.11. The first-order chi connectivity index (χ1) is 12.3. The predicted molar refractivity (Wildman–Crippen MR) is 102 cm³/mol. The van der Waals surface area contributed by atoms with E-state index >= 15 is 0 Å². The Morgan fingerprint density at radius 3 is 2.69 bits per heavy atom. The molecule has 0 unspecified atom stereocenters. The fourth-order valence-electron chi connectivity index (χ4n) is 2.57. The third-order valence-corrected chi connectivity index (χ3v) is 5.10. The van der Waals surface area contributed by atoms with Gasteiger partial charge in [-0.1, -0.05) is 17.7 Å². The molecule has 1 N–H and O–H groups in total. The molecule has 0 radical (unpaired) electrons. The van der Waals surface area contributed by atoms with E-state index in [-0.39, 0.29) is 5.82 Å². The van der Waals surface area contributed by atoms with Gasteiger partial charge in [0.25, 0.3) is 5.91 Å². The molecule has 0 aliphatic carbocycles. The molecule has 3 aromatic rings. The summed E-state index contributed by atoms with van der Waals surface area (Å²) in [4.78, 5) is 24.5. The molecule has 1 aromatic heterocycles. The largest absolute Gasteiger partial charge is 0.451 e. The van der Waals surface area contributed by atoms with Crippen LogP contribution >= 0.6 is 22.9 Å². The molecule has 0 bridgehead atoms. The molecule has 0 spiro atoms. The Kier molecular flexibility index (Phi) is 5.25. The smallest absolute Gasteiger partial charge is 0.348 e. The fraction of sp³-hybridized carbons (Fsp3) is 0.158. The Labute approximate surface area is 158 Å². The van der Waals surface area contributed by atoms with Crippen molar-refractivity contribution in [3.8, 4) is 0 Å². The molecular formula is C19H15ClFNO3S. The van der Waals surface area contributed by atoms with Crippen molar-refractivity contribution < 1.29 is 18.7 Å². The van der Waals surface area contributed by atoms with Crippen LogP contribution in [0.5, 0.6) is 0 Å². The Balaban J connectivity index is 1.64. The maximum Gasteiger partial charge on any atom is 0.348 e. The number of aryl methyl sites for hydroxylation is 2. The minimum absolute atomic E-state index is 0.308. The summed E-state index contributed by atoms with van der Waals surface area (Å²) < 4.78 is 19.0. The lowest BCUT2D eigenvalue weighted by Crippen LogP contribution is -2.21. The number of ether oxygens (including phenoxy) is 1. The van der Waals surface area contributed by atoms with Gasteiger partial charge in [-0.25, -0.2) is 9.18 Å². The van der Waals surface area contributed by atoms with Gasteiger partial charge in [0.1, 0.15) is 10.7 Å². The topological polar surface area (TPSA) is 55.4 Å². The number of benzene rings is 2. The average molecular weight is 392 g/mol. The van der Waals surface area contributed by atoms with E-state index in [1.165, 1.54) is 23.5 Å². The number of fused-ring (bicyclic) bond motifs is 1. The first-order valence-corrected chi connectivity index (χ1v) is 8.96. The molecule has 3 rings (SSSR count). The zero-order valence-corrected chi connectivity index (χ0v) is 15.6. The minimum Gasteiger partial charge on any atom is -0.451 e. The molecule has 0 aliphatic rings. The Morgan fingerprint density at radius 2 is 1.96 bits per heavy atom. The van der Waals surface area contributed by atoms with E-state index in [4.69, 9.17) is 16.3 Å². The second kappa shape index (κ2) is 7.43. The normalized spacial score (nSPS) is 10.8. The van der Waals surface area contributed by atoms with Crippen LogP contribution in [0.15, 0.2) is 36.4 Å². The summed E-state index contributed by atoms with van der Waals surface area (Å²) in [5.41, 5.74) is 2.30. The van der Waals surface area contributed by atoms with Crippen LogP contribution in [0.3, 0.4) is 0 Å². The van der Waals surface area contributed by atoms with E-state index < -0.39 is 18.5 Å². The maximum atomic E-state index is 13.2. The van der Waals surface area contributed by atoms with E-state index in [9.17, 15) is 14.0 Å². The summed E-state index contributed by atoms with van der Waals surface area (Å²) in [6.07, 6.45) is 0. The molecule has 0 fully saturated rings. The SMILES string of the molecule is Cc1cc(C)c(NC(=O)COC(=O)c2cc3cc(F)ccc3s2)c(Cl)c1. The maximum absolute atomic E-state index is 13.2. The molecule has 7 heteroatoms. The Bertz CT molecular complexity index is 992. The quantitative estimate of drug-likeness (QED) is 0.629. The summed E-state index contributed by atoms with van der Waals surface area (Å²) in [6, 6.07) is 9.45. The molecule has 134 valence electrons. The van der Waals surface area contributed by atoms with Crippen molar-refractivity contribution in [2.75, 3.05) is 11.9 Å². The van der Waals surface area contributed by atoms with Crippen molar-refractivity contribution in [1.82, 2.24) is 0 Å². The summed E-state index contributed by atoms with van der Waals surface area (Å²) in [7, 11) is 0. The third-order valence-electron chi connectivity index (χ3n) is 3.71. The summed E-state index contributed by atoms with van der Waals surface area (Å²) >= 11 is 7.33. The highest BCUT2D eigenvalue weighted by Crippen LogP contribution is 2.28. The van der Waals surface area contributed by atoms with E-state index in [2.05, 4.69) is 5.32 Å². The van der Waals surface area contributed by atoms with Crippen LogP contribution in [-0.2, 0) is 9.53 Å². The van der Waals surface area contributed by atoms with Crippen LogP contribution in [0.25, 0.3) is 10.1 Å². The first-order valence-electron chi connectivity index (χ1n) is 7.76. The van der Waals surface area contributed by atoms with Crippen LogP contribution in [0.2, 0.25) is 5.02 Å². The lowest BCUT2D eigenvalue weighted by Gasteiger charge is -2.11. The number of carbonyl (C=O) groups is 2. The number of rotatable bonds is 4. The molecular weight excluding hydrogens is 377 g/mol. The fourth-order valence-corrected chi connectivity index (χ4v) is 3.87. The number of halogens is 2. The molecule has 0 saturated carbocycles. The lowest BCUT2D eigenvalue weighted by molar-refractivity contribution is -0.119. The van der Waals surface area contributed by atoms with Gasteiger partial charge in [0.05, 0.1) is 10.7 Å². The van der Waals surface area contributed by atoms with Gasteiger partial charge in [0, 0.05) is 4.70 Å². The molecule has 4 nitrogen and oxygen atoms in total. The second-order valence-corrected chi connectivity index (χ2v) is 7.35. The number of carbonyl (C=O) groups excluding carboxylic acids is 2. The molecule has 26 heavy (non-hydrogen) atoms. The van der Waals surface area contributed by atoms with Gasteiger partial charge in [-0.05, 0) is 60.7 Å². The highest BCUT2D eigenvalue weighted by atomic mass is 35.5. The van der Waals surface area contributed by atoms with Gasteiger partial charge in [0.15, 0.2) is 6.61 Å². The number of nitrogens with one attached hydrogen (secondary N) is 1. The number of amides is 1. The Morgan fingerprint density at radius 1 is 1.19 bits per heavy atom. The molecule has 2 aromatic carbocycles. The monoisotopic (exact) mass is 391 g/mol. The van der Waals surface area contributed by atoms with Crippen LogP contribution in [0.1, 0.15) is 20.8 Å². The first kappa shape index (κ1) is 18.4. The van der Waals surface area contributed by atoms with E-state index in [0.29, 0.717) is 21.0 Å². The highest BCUT2D eigenvalue weighted by molar-refractivity contribution is 7.20. The zero-order chi connectivity index (χ0) is 18.8. The highest BCUT2D eigenvalue weighted by Gasteiger charge is 2.15. The third kappa shape index (κ3) is 4.03. The van der Waals surface area contributed by atoms with Crippen molar-refractivity contribution >= 4 is 50.6 Å². The molecule has 0 atom stereocenters. The van der Waals surface area contributed by atoms with Crippen molar-refractivity contribution in [3.63, 3.8) is 0 Å². The Hall–Kier alpha value is -2.44. The molecule has 1 amide bonds. The summed E-state index contributed by atoms with van der Waals surface area (Å²) in [5.74, 6) is -1.49. The number of anilines is 1. The summed E-state index contributed by atoms with van der Waals surface area (Å²) in [6.45, 7) is 3.30. The number of hydrogen-bond acceptors (Lipinski definition) is 4. The molecule has 0 aliphatic heterocycles. The average Bonchev–Trinajstić information content (AvgIpc) is 2.99. The van der Waals surface area contributed by atoms with Gasteiger partial charge in [0.2, 0.25) is 0 Å². The van der Waals surface area contributed by atoms with Gasteiger partial charge in [-0.3, -0.25) is 4.79 Å². The van der Waals surface area contributed by atoms with E-state index in [1.807, 2.05) is 19.9 Å². The zero-order valence-electron chi connectivity index (χ0n) is 14.1. The number of hydrogen-bond donors (Lipinski definition) is 1. The number of esters is 1. The van der Waals surface area contributed by atoms with Crippen LogP contribution in [0.4, 0.5) is 10.1 Å². The van der Waals surface area contributed by atoms with Crippen LogP contribution in [0, 0.1) is 19.7 Å². The van der Waals surface area contributed by atoms with Crippen LogP contribution < -0.4 is 5.32 Å². The number of thiophene rings is 1. The van der Waals surface area contributed by atoms with E-state index in [1.54, 1.807) is 18.2 Å². The van der Waals surface area contributed by atoms with Gasteiger partial charge in [-0.15, -0.1) is 11.3 Å². The van der Waals surface area contributed by atoms with Gasteiger partial charge < -0.3 is 10.1 Å². The van der Waals surface area contributed by atoms with Gasteiger partial charge >= 0.3 is 5.97 Å². The van der Waals surface area contributed by atoms with Crippen molar-refractivity contribution in [3.05, 3.63) is 63.2 Å². The minimum atomic E-state index is -0.631. The van der Waals surface area contributed by atoms with Gasteiger partial charge in [-0.2, -0.15) is 0 Å². The standard InChI is InChI=1S/C19H15ClFNO3S/c1-10-5-11(2)18(14(20)6-10)22-17(23)9-25-19(24)16-8-12-7-13(21)3-4-15(12)26-16/h3-8H,9H2,1-2H3,(H,22,23). The second-order valence-electron chi connectivity index (χ2n) is 5.86. The van der Waals surface area contributed by atoms with Crippen molar-refractivity contribution in [2.45, 2.75) is 13.8 Å². The van der Waals surface area contributed by atoms with E-state index in [0.717, 1.165) is 15.8 Å². The van der Waals surface area contributed by atoms with Crippen molar-refractivity contribution in [2.24, 2.45) is 0 Å². The lowest BCUT2D eigenvalue weighted by atomic mass is 10.1. The molecule has 1 heterocycles.